The van der Waals surface area contributed by atoms with Crippen LogP contribution in [-0.4, -0.2) is 24.9 Å². The van der Waals surface area contributed by atoms with E-state index in [4.69, 9.17) is 29.3 Å². The van der Waals surface area contributed by atoms with Crippen molar-refractivity contribution in [3.63, 3.8) is 0 Å². The molecule has 0 saturated carbocycles. The Morgan fingerprint density at radius 1 is 0.291 bits per heavy atom. The van der Waals surface area contributed by atoms with Gasteiger partial charge in [0.05, 0.1) is 11.4 Å². The molecule has 10 aromatic rings. The van der Waals surface area contributed by atoms with Crippen LogP contribution in [0.25, 0.3) is 101 Å². The number of aromatic nitrogens is 5. The van der Waals surface area contributed by atoms with Gasteiger partial charge < -0.3 is 4.42 Å². The normalized spacial score (nSPS) is 11.3. The van der Waals surface area contributed by atoms with E-state index in [0.29, 0.717) is 23.3 Å². The fourth-order valence-electron chi connectivity index (χ4n) is 7.03. The first kappa shape index (κ1) is 32.1. The van der Waals surface area contributed by atoms with Gasteiger partial charge in [0.2, 0.25) is 0 Å². The average Bonchev–Trinajstić information content (AvgIpc) is 3.66. The van der Waals surface area contributed by atoms with Crippen LogP contribution in [0.2, 0.25) is 0 Å². The molecule has 0 bridgehead atoms. The van der Waals surface area contributed by atoms with E-state index in [-0.39, 0.29) is 0 Å². The molecule has 0 aliphatic carbocycles. The lowest BCUT2D eigenvalue weighted by atomic mass is 9.97. The van der Waals surface area contributed by atoms with Crippen molar-refractivity contribution in [1.29, 1.82) is 0 Å². The van der Waals surface area contributed by atoms with Crippen molar-refractivity contribution in [3.05, 3.63) is 188 Å². The van der Waals surface area contributed by atoms with Gasteiger partial charge in [-0.2, -0.15) is 0 Å². The first-order valence-corrected chi connectivity index (χ1v) is 18.2. The maximum absolute atomic E-state index is 6.43. The van der Waals surface area contributed by atoms with Crippen LogP contribution in [0.1, 0.15) is 0 Å². The second-order valence-corrected chi connectivity index (χ2v) is 13.3. The van der Waals surface area contributed by atoms with Gasteiger partial charge in [0.1, 0.15) is 11.2 Å². The van der Waals surface area contributed by atoms with Gasteiger partial charge in [-0.3, -0.25) is 0 Å². The maximum Gasteiger partial charge on any atom is 0.164 e. The molecule has 0 unspecified atom stereocenters. The second kappa shape index (κ2) is 13.8. The molecule has 0 amide bonds. The zero-order valence-corrected chi connectivity index (χ0v) is 29.5. The summed E-state index contributed by atoms with van der Waals surface area (Å²) in [4.78, 5) is 24.9. The Morgan fingerprint density at radius 2 is 0.727 bits per heavy atom. The molecule has 6 heteroatoms. The van der Waals surface area contributed by atoms with Gasteiger partial charge in [0.25, 0.3) is 0 Å². The fraction of sp³-hybridized carbons (Fsp3) is 0. The summed E-state index contributed by atoms with van der Waals surface area (Å²) in [5.41, 5.74) is 11.2. The monoisotopic (exact) mass is 705 g/mol. The third kappa shape index (κ3) is 6.22. The molecule has 10 rings (SSSR count). The highest BCUT2D eigenvalue weighted by atomic mass is 16.3. The van der Waals surface area contributed by atoms with Gasteiger partial charge in [0.15, 0.2) is 23.3 Å². The first-order chi connectivity index (χ1) is 27.2. The van der Waals surface area contributed by atoms with Crippen LogP contribution < -0.4 is 0 Å². The van der Waals surface area contributed by atoms with Crippen LogP contribution in [-0.2, 0) is 0 Å². The molecule has 258 valence electrons. The van der Waals surface area contributed by atoms with Crippen molar-refractivity contribution in [2.45, 2.75) is 0 Å². The van der Waals surface area contributed by atoms with Gasteiger partial charge in [-0.25, -0.2) is 24.9 Å². The van der Waals surface area contributed by atoms with E-state index in [0.717, 1.165) is 77.8 Å². The van der Waals surface area contributed by atoms with Crippen molar-refractivity contribution in [1.82, 2.24) is 24.9 Å². The number of furan rings is 1. The van der Waals surface area contributed by atoms with Crippen LogP contribution in [0.4, 0.5) is 0 Å². The lowest BCUT2D eigenvalue weighted by Crippen LogP contribution is -2.00. The van der Waals surface area contributed by atoms with Gasteiger partial charge in [-0.05, 0) is 41.5 Å². The number of hydrogen-bond acceptors (Lipinski definition) is 6. The minimum atomic E-state index is 0.614. The lowest BCUT2D eigenvalue weighted by molar-refractivity contribution is 0.669. The molecule has 3 heterocycles. The zero-order valence-electron chi connectivity index (χ0n) is 29.5. The summed E-state index contributed by atoms with van der Waals surface area (Å²) in [7, 11) is 0. The molecule has 0 atom stereocenters. The standard InChI is InChI=1S/C49H31N5O/c1-5-14-33(15-6-1)41-31-42(34-16-7-2-8-17-34)51-49(50-41)38-28-29-43-40(30-38)45-39(22-13-23-44(45)55-43)32-24-26-37(27-25-32)48-53-46(35-18-9-3-10-19-35)52-47(54-48)36-20-11-4-12-21-36/h1-31H. The number of hydrogen-bond donors (Lipinski definition) is 0. The number of benzene rings is 7. The first-order valence-electron chi connectivity index (χ1n) is 18.2. The van der Waals surface area contributed by atoms with Gasteiger partial charge in [-0.1, -0.05) is 158 Å². The Bertz CT molecular complexity index is 2830. The highest BCUT2D eigenvalue weighted by molar-refractivity contribution is 6.13. The predicted octanol–water partition coefficient (Wildman–Crippen LogP) is 12.2. The third-order valence-corrected chi connectivity index (χ3v) is 9.77. The molecule has 0 radical (unpaired) electrons. The van der Waals surface area contributed by atoms with E-state index >= 15 is 0 Å². The Morgan fingerprint density at radius 3 is 1.25 bits per heavy atom. The Hall–Kier alpha value is -7.57. The second-order valence-electron chi connectivity index (χ2n) is 13.3. The molecule has 3 aromatic heterocycles. The summed E-state index contributed by atoms with van der Waals surface area (Å²) in [6.07, 6.45) is 0. The summed E-state index contributed by atoms with van der Waals surface area (Å²) in [6.45, 7) is 0. The van der Waals surface area contributed by atoms with Gasteiger partial charge in [-0.15, -0.1) is 0 Å². The van der Waals surface area contributed by atoms with Crippen LogP contribution in [0.3, 0.4) is 0 Å². The molecule has 6 nitrogen and oxygen atoms in total. The molecular formula is C49H31N5O. The van der Waals surface area contributed by atoms with Crippen LogP contribution in [0.5, 0.6) is 0 Å². The molecule has 0 aliphatic heterocycles. The molecule has 0 aliphatic rings. The van der Waals surface area contributed by atoms with E-state index < -0.39 is 0 Å². The van der Waals surface area contributed by atoms with E-state index in [9.17, 15) is 0 Å². The van der Waals surface area contributed by atoms with E-state index in [1.165, 1.54) is 0 Å². The van der Waals surface area contributed by atoms with Gasteiger partial charge in [0, 0.05) is 44.2 Å². The van der Waals surface area contributed by atoms with Crippen LogP contribution in [0, 0.1) is 0 Å². The van der Waals surface area contributed by atoms with Crippen molar-refractivity contribution >= 4 is 21.9 Å². The number of fused-ring (bicyclic) bond motifs is 3. The average molecular weight is 706 g/mol. The van der Waals surface area contributed by atoms with Crippen molar-refractivity contribution in [2.75, 3.05) is 0 Å². The number of rotatable bonds is 7. The highest BCUT2D eigenvalue weighted by Gasteiger charge is 2.17. The molecule has 0 fully saturated rings. The van der Waals surface area contributed by atoms with E-state index in [2.05, 4.69) is 66.7 Å². The molecule has 0 saturated heterocycles. The highest BCUT2D eigenvalue weighted by Crippen LogP contribution is 2.39. The SMILES string of the molecule is c1ccc(-c2cc(-c3ccccc3)nc(-c3ccc4oc5cccc(-c6ccc(-c7nc(-c8ccccc8)nc(-c8ccccc8)n7)cc6)c5c4c3)n2)cc1. The quantitative estimate of drug-likeness (QED) is 0.164. The minimum absolute atomic E-state index is 0.614. The van der Waals surface area contributed by atoms with Crippen LogP contribution >= 0.6 is 0 Å². The fourth-order valence-corrected chi connectivity index (χ4v) is 7.03. The molecule has 0 spiro atoms. The molecule has 55 heavy (non-hydrogen) atoms. The summed E-state index contributed by atoms with van der Waals surface area (Å²) in [5.74, 6) is 2.53. The minimum Gasteiger partial charge on any atom is -0.456 e. The van der Waals surface area contributed by atoms with Crippen molar-refractivity contribution < 1.29 is 4.42 Å². The summed E-state index contributed by atoms with van der Waals surface area (Å²) < 4.78 is 6.43. The lowest BCUT2D eigenvalue weighted by Gasteiger charge is -2.10. The maximum atomic E-state index is 6.43. The topological polar surface area (TPSA) is 77.6 Å². The molecule has 0 N–H and O–H groups in total. The Labute approximate surface area is 317 Å². The third-order valence-electron chi connectivity index (χ3n) is 9.77. The van der Waals surface area contributed by atoms with E-state index in [1.54, 1.807) is 0 Å². The summed E-state index contributed by atoms with van der Waals surface area (Å²) in [6, 6.07) is 63.4. The smallest absolute Gasteiger partial charge is 0.164 e. The Kier molecular flexibility index (Phi) is 8.04. The number of nitrogens with zero attached hydrogens (tertiary/aromatic N) is 5. The van der Waals surface area contributed by atoms with Crippen molar-refractivity contribution in [2.24, 2.45) is 0 Å². The zero-order chi connectivity index (χ0) is 36.6. The van der Waals surface area contributed by atoms with Crippen molar-refractivity contribution in [3.8, 4) is 79.2 Å². The molecule has 7 aromatic carbocycles. The largest absolute Gasteiger partial charge is 0.456 e. The Balaban J connectivity index is 1.07. The summed E-state index contributed by atoms with van der Waals surface area (Å²) >= 11 is 0. The van der Waals surface area contributed by atoms with E-state index in [1.807, 2.05) is 121 Å². The summed E-state index contributed by atoms with van der Waals surface area (Å²) in [5, 5.41) is 2.03. The van der Waals surface area contributed by atoms with Crippen LogP contribution in [0.15, 0.2) is 192 Å². The predicted molar refractivity (Wildman–Crippen MR) is 221 cm³/mol. The van der Waals surface area contributed by atoms with Gasteiger partial charge >= 0.3 is 0 Å². The molecular weight excluding hydrogens is 675 g/mol.